The van der Waals surface area contributed by atoms with Crippen LogP contribution in [0, 0.1) is 5.92 Å². The van der Waals surface area contributed by atoms with Crippen LogP contribution in [0.2, 0.25) is 0 Å². The standard InChI is InChI=1S/C24H26N4O3/c1-16(2)22(24-27-23(28-31-24)19-8-9-19)26-21(29)12-7-17-5-10-20(11-6-17)30-15-18-4-3-13-25-14-18/h3-7,10-14,16,19,22H,8-9,15H2,1-2H3,(H,26,29)/b12-7+. The van der Waals surface area contributed by atoms with E-state index in [2.05, 4.69) is 20.4 Å². The molecule has 1 amide bonds. The van der Waals surface area contributed by atoms with Gasteiger partial charge in [0.15, 0.2) is 5.82 Å². The highest BCUT2D eigenvalue weighted by Crippen LogP contribution is 2.38. The number of carbonyl (C=O) groups is 1. The number of nitrogens with one attached hydrogen (secondary N) is 1. The summed E-state index contributed by atoms with van der Waals surface area (Å²) in [6, 6.07) is 11.1. The van der Waals surface area contributed by atoms with E-state index in [0.717, 1.165) is 35.5 Å². The number of amides is 1. The van der Waals surface area contributed by atoms with Crippen molar-refractivity contribution in [1.29, 1.82) is 0 Å². The van der Waals surface area contributed by atoms with Gasteiger partial charge in [-0.3, -0.25) is 9.78 Å². The van der Waals surface area contributed by atoms with Crippen LogP contribution >= 0.6 is 0 Å². The van der Waals surface area contributed by atoms with E-state index in [9.17, 15) is 4.79 Å². The summed E-state index contributed by atoms with van der Waals surface area (Å²) in [6.45, 7) is 4.49. The van der Waals surface area contributed by atoms with Crippen LogP contribution in [0.3, 0.4) is 0 Å². The van der Waals surface area contributed by atoms with Gasteiger partial charge in [-0.1, -0.05) is 37.2 Å². The number of aromatic nitrogens is 3. The summed E-state index contributed by atoms with van der Waals surface area (Å²) >= 11 is 0. The van der Waals surface area contributed by atoms with Crippen LogP contribution in [0.25, 0.3) is 6.08 Å². The number of pyridine rings is 1. The Kier molecular flexibility index (Phi) is 6.40. The molecule has 1 atom stereocenters. The lowest BCUT2D eigenvalue weighted by molar-refractivity contribution is -0.117. The third kappa shape index (κ3) is 5.78. The van der Waals surface area contributed by atoms with Gasteiger partial charge < -0.3 is 14.6 Å². The first-order valence-corrected chi connectivity index (χ1v) is 10.5. The van der Waals surface area contributed by atoms with Crippen LogP contribution in [0.4, 0.5) is 0 Å². The molecule has 1 unspecified atom stereocenters. The van der Waals surface area contributed by atoms with E-state index in [1.54, 1.807) is 18.5 Å². The molecule has 0 saturated heterocycles. The maximum atomic E-state index is 12.5. The predicted molar refractivity (Wildman–Crippen MR) is 116 cm³/mol. The first-order chi connectivity index (χ1) is 15.1. The van der Waals surface area contributed by atoms with Crippen LogP contribution in [0.15, 0.2) is 59.4 Å². The van der Waals surface area contributed by atoms with Crippen molar-refractivity contribution in [1.82, 2.24) is 20.4 Å². The molecule has 0 spiro atoms. The van der Waals surface area contributed by atoms with Gasteiger partial charge in [0.25, 0.3) is 0 Å². The molecular weight excluding hydrogens is 392 g/mol. The van der Waals surface area contributed by atoms with Crippen LogP contribution in [0.1, 0.15) is 61.5 Å². The first kappa shape index (κ1) is 20.8. The minimum atomic E-state index is -0.319. The van der Waals surface area contributed by atoms with Crippen molar-refractivity contribution >= 4 is 12.0 Å². The van der Waals surface area contributed by atoms with Crippen LogP contribution in [-0.4, -0.2) is 21.0 Å². The van der Waals surface area contributed by atoms with Crippen molar-refractivity contribution in [2.75, 3.05) is 0 Å². The topological polar surface area (TPSA) is 90.1 Å². The van der Waals surface area contributed by atoms with Crippen molar-refractivity contribution < 1.29 is 14.1 Å². The average Bonchev–Trinajstić information content (AvgIpc) is 3.53. The zero-order valence-electron chi connectivity index (χ0n) is 17.7. The Morgan fingerprint density at radius 1 is 1.26 bits per heavy atom. The van der Waals surface area contributed by atoms with Crippen LogP contribution < -0.4 is 10.1 Å². The molecule has 7 nitrogen and oxygen atoms in total. The van der Waals surface area contributed by atoms with Gasteiger partial charge >= 0.3 is 0 Å². The molecule has 1 aliphatic carbocycles. The van der Waals surface area contributed by atoms with E-state index in [0.29, 0.717) is 18.4 Å². The van der Waals surface area contributed by atoms with Crippen molar-refractivity contribution in [3.05, 3.63) is 77.7 Å². The lowest BCUT2D eigenvalue weighted by Gasteiger charge is -2.17. The maximum Gasteiger partial charge on any atom is 0.249 e. The summed E-state index contributed by atoms with van der Waals surface area (Å²) in [5.74, 6) is 2.30. The summed E-state index contributed by atoms with van der Waals surface area (Å²) in [6.07, 6.45) is 9.00. The molecule has 1 fully saturated rings. The van der Waals surface area contributed by atoms with Crippen molar-refractivity contribution in [2.45, 2.75) is 45.3 Å². The van der Waals surface area contributed by atoms with Gasteiger partial charge in [0.05, 0.1) is 0 Å². The number of hydrogen-bond acceptors (Lipinski definition) is 6. The summed E-state index contributed by atoms with van der Waals surface area (Å²) < 4.78 is 11.2. The van der Waals surface area contributed by atoms with Gasteiger partial charge in [0.1, 0.15) is 18.4 Å². The Morgan fingerprint density at radius 3 is 2.74 bits per heavy atom. The molecule has 1 N–H and O–H groups in total. The molecule has 160 valence electrons. The fraction of sp³-hybridized carbons (Fsp3) is 0.333. The van der Waals surface area contributed by atoms with E-state index < -0.39 is 0 Å². The largest absolute Gasteiger partial charge is 0.489 e. The molecule has 4 rings (SSSR count). The molecule has 31 heavy (non-hydrogen) atoms. The van der Waals surface area contributed by atoms with Crippen molar-refractivity contribution in [3.8, 4) is 5.75 Å². The van der Waals surface area contributed by atoms with Crippen LogP contribution in [0.5, 0.6) is 5.75 Å². The summed E-state index contributed by atoms with van der Waals surface area (Å²) in [5.41, 5.74) is 1.91. The molecule has 3 aromatic rings. The Balaban J connectivity index is 1.31. The van der Waals surface area contributed by atoms with Crippen LogP contribution in [-0.2, 0) is 11.4 Å². The van der Waals surface area contributed by atoms with E-state index >= 15 is 0 Å². The second-order valence-corrected chi connectivity index (χ2v) is 8.05. The fourth-order valence-electron chi connectivity index (χ4n) is 3.09. The van der Waals surface area contributed by atoms with Crippen molar-refractivity contribution in [3.63, 3.8) is 0 Å². The number of hydrogen-bond donors (Lipinski definition) is 1. The highest BCUT2D eigenvalue weighted by molar-refractivity contribution is 5.91. The minimum Gasteiger partial charge on any atom is -0.489 e. The summed E-state index contributed by atoms with van der Waals surface area (Å²) in [5, 5.41) is 7.03. The monoisotopic (exact) mass is 418 g/mol. The molecule has 1 aliphatic rings. The summed E-state index contributed by atoms with van der Waals surface area (Å²) in [7, 11) is 0. The first-order valence-electron chi connectivity index (χ1n) is 10.5. The second kappa shape index (κ2) is 9.55. The van der Waals surface area contributed by atoms with E-state index in [-0.39, 0.29) is 17.9 Å². The smallest absolute Gasteiger partial charge is 0.249 e. The average molecular weight is 418 g/mol. The van der Waals surface area contributed by atoms with Gasteiger partial charge in [-0.2, -0.15) is 4.98 Å². The van der Waals surface area contributed by atoms with Gasteiger partial charge in [0, 0.05) is 30.0 Å². The van der Waals surface area contributed by atoms with Gasteiger partial charge in [0.2, 0.25) is 11.8 Å². The molecule has 2 aromatic heterocycles. The minimum absolute atomic E-state index is 0.126. The Labute approximate surface area is 181 Å². The highest BCUT2D eigenvalue weighted by atomic mass is 16.5. The number of ether oxygens (including phenoxy) is 1. The lowest BCUT2D eigenvalue weighted by atomic mass is 10.0. The van der Waals surface area contributed by atoms with Gasteiger partial charge in [-0.05, 0) is 48.6 Å². The SMILES string of the molecule is CC(C)C(NC(=O)/C=C/c1ccc(OCc2cccnc2)cc1)c1nc(C2CC2)no1. The number of benzene rings is 1. The molecule has 0 radical (unpaired) electrons. The number of rotatable bonds is 9. The molecule has 0 bridgehead atoms. The zero-order chi connectivity index (χ0) is 21.6. The highest BCUT2D eigenvalue weighted by Gasteiger charge is 2.31. The Morgan fingerprint density at radius 2 is 2.06 bits per heavy atom. The molecule has 0 aliphatic heterocycles. The predicted octanol–water partition coefficient (Wildman–Crippen LogP) is 4.45. The van der Waals surface area contributed by atoms with E-state index in [4.69, 9.17) is 9.26 Å². The third-order valence-corrected chi connectivity index (χ3v) is 5.07. The Bertz CT molecular complexity index is 1020. The lowest BCUT2D eigenvalue weighted by Crippen LogP contribution is -2.30. The molecule has 1 aromatic carbocycles. The quantitative estimate of drug-likeness (QED) is 0.517. The third-order valence-electron chi connectivity index (χ3n) is 5.07. The normalized spacial score (nSPS) is 14.7. The van der Waals surface area contributed by atoms with Gasteiger partial charge in [-0.25, -0.2) is 0 Å². The van der Waals surface area contributed by atoms with E-state index in [1.807, 2.05) is 50.2 Å². The Hall–Kier alpha value is -3.48. The van der Waals surface area contributed by atoms with Gasteiger partial charge in [-0.15, -0.1) is 0 Å². The zero-order valence-corrected chi connectivity index (χ0v) is 17.7. The van der Waals surface area contributed by atoms with Crippen molar-refractivity contribution in [2.24, 2.45) is 5.92 Å². The second-order valence-electron chi connectivity index (χ2n) is 8.05. The summed E-state index contributed by atoms with van der Waals surface area (Å²) in [4.78, 5) is 21.0. The molecule has 2 heterocycles. The molecule has 7 heteroatoms. The van der Waals surface area contributed by atoms with E-state index in [1.165, 1.54) is 6.08 Å². The molecule has 1 saturated carbocycles. The molecular formula is C24H26N4O3. The maximum absolute atomic E-state index is 12.5. The number of nitrogens with zero attached hydrogens (tertiary/aromatic N) is 3. The fourth-order valence-corrected chi connectivity index (χ4v) is 3.09. The number of carbonyl (C=O) groups excluding carboxylic acids is 1.